The molecule has 0 saturated carbocycles. The van der Waals surface area contributed by atoms with Crippen LogP contribution in [0.3, 0.4) is 0 Å². The van der Waals surface area contributed by atoms with E-state index in [0.717, 1.165) is 5.56 Å². The molecule has 2 aliphatic rings. The number of amides is 2. The van der Waals surface area contributed by atoms with Crippen LogP contribution in [0, 0.1) is 6.92 Å². The largest absolute Gasteiger partial charge is 0.346 e. The van der Waals surface area contributed by atoms with E-state index in [-0.39, 0.29) is 6.04 Å². The van der Waals surface area contributed by atoms with Gasteiger partial charge in [-0.15, -0.1) is 0 Å². The molecule has 8 nitrogen and oxygen atoms in total. The van der Waals surface area contributed by atoms with Crippen LogP contribution in [0.25, 0.3) is 11.4 Å². The highest BCUT2D eigenvalue weighted by atomic mass is 16.5. The van der Waals surface area contributed by atoms with Crippen molar-refractivity contribution in [2.24, 2.45) is 0 Å². The molecule has 2 fully saturated rings. The molecule has 0 aliphatic carbocycles. The smallest absolute Gasteiger partial charge is 0.324 e. The fourth-order valence-corrected chi connectivity index (χ4v) is 3.05. The third-order valence-corrected chi connectivity index (χ3v) is 4.43. The standard InChI is InChI=1S/C16H17N5O3/c1-10-2-4-11(5-3-10)13-18-16(24-19-13)20-6-7-21-12(9-20)8-17-14(22)15(21)23/h2-5,12H,6-9H2,1H3,(H,17,22)/t12-/m1/s1. The molecule has 2 aliphatic heterocycles. The summed E-state index contributed by atoms with van der Waals surface area (Å²) in [5.41, 5.74) is 2.07. The predicted molar refractivity (Wildman–Crippen MR) is 85.2 cm³/mol. The van der Waals surface area contributed by atoms with Crippen molar-refractivity contribution in [1.29, 1.82) is 0 Å². The Morgan fingerprint density at radius 1 is 1.21 bits per heavy atom. The van der Waals surface area contributed by atoms with Gasteiger partial charge in [0.1, 0.15) is 0 Å². The number of carbonyl (C=O) groups excluding carboxylic acids is 2. The maximum absolute atomic E-state index is 11.9. The van der Waals surface area contributed by atoms with E-state index in [2.05, 4.69) is 15.5 Å². The van der Waals surface area contributed by atoms with E-state index >= 15 is 0 Å². The molecule has 24 heavy (non-hydrogen) atoms. The Hall–Kier alpha value is -2.90. The molecule has 0 bridgehead atoms. The minimum atomic E-state index is -0.529. The Bertz CT molecular complexity index is 785. The molecule has 0 unspecified atom stereocenters. The van der Waals surface area contributed by atoms with E-state index in [1.807, 2.05) is 36.1 Å². The molecular formula is C16H17N5O3. The van der Waals surface area contributed by atoms with Crippen LogP contribution in [-0.2, 0) is 9.59 Å². The first kappa shape index (κ1) is 14.7. The third kappa shape index (κ3) is 2.49. The molecule has 1 aromatic carbocycles. The summed E-state index contributed by atoms with van der Waals surface area (Å²) in [6, 6.07) is 8.28. The van der Waals surface area contributed by atoms with E-state index in [4.69, 9.17) is 4.52 Å². The summed E-state index contributed by atoms with van der Waals surface area (Å²) in [7, 11) is 0. The van der Waals surface area contributed by atoms with Gasteiger partial charge in [-0.2, -0.15) is 4.98 Å². The zero-order valence-corrected chi connectivity index (χ0v) is 13.2. The second-order valence-electron chi connectivity index (χ2n) is 6.07. The first-order chi connectivity index (χ1) is 11.6. The van der Waals surface area contributed by atoms with E-state index < -0.39 is 11.8 Å². The molecule has 1 N–H and O–H groups in total. The molecule has 124 valence electrons. The first-order valence-corrected chi connectivity index (χ1v) is 7.86. The van der Waals surface area contributed by atoms with Crippen LogP contribution in [0.15, 0.2) is 28.8 Å². The number of anilines is 1. The summed E-state index contributed by atoms with van der Waals surface area (Å²) in [6.45, 7) is 4.06. The van der Waals surface area contributed by atoms with Crippen LogP contribution in [0.5, 0.6) is 0 Å². The zero-order valence-electron chi connectivity index (χ0n) is 13.2. The van der Waals surface area contributed by atoms with Gasteiger partial charge in [0.2, 0.25) is 5.82 Å². The molecule has 3 heterocycles. The highest BCUT2D eigenvalue weighted by Crippen LogP contribution is 2.23. The highest BCUT2D eigenvalue weighted by molar-refractivity contribution is 6.35. The fraction of sp³-hybridized carbons (Fsp3) is 0.375. The summed E-state index contributed by atoms with van der Waals surface area (Å²) in [4.78, 5) is 31.3. The maximum atomic E-state index is 11.9. The van der Waals surface area contributed by atoms with Gasteiger partial charge in [-0.1, -0.05) is 35.0 Å². The van der Waals surface area contributed by atoms with Crippen molar-refractivity contribution in [3.63, 3.8) is 0 Å². The molecule has 2 amide bonds. The molecule has 8 heteroatoms. The summed E-state index contributed by atoms with van der Waals surface area (Å²) in [6.07, 6.45) is 0. The number of aryl methyl sites for hydroxylation is 1. The van der Waals surface area contributed by atoms with E-state index in [0.29, 0.717) is 38.0 Å². The number of piperazine rings is 2. The topological polar surface area (TPSA) is 91.6 Å². The predicted octanol–water partition coefficient (Wildman–Crippen LogP) is 0.192. The molecule has 0 spiro atoms. The van der Waals surface area contributed by atoms with Crippen molar-refractivity contribution < 1.29 is 14.1 Å². The Balaban J connectivity index is 1.50. The number of hydrogen-bond donors (Lipinski definition) is 1. The second kappa shape index (κ2) is 5.63. The van der Waals surface area contributed by atoms with Gasteiger partial charge in [-0.25, -0.2) is 0 Å². The quantitative estimate of drug-likeness (QED) is 0.792. The molecule has 2 saturated heterocycles. The lowest BCUT2D eigenvalue weighted by Crippen LogP contribution is -2.65. The van der Waals surface area contributed by atoms with Crippen molar-refractivity contribution in [3.8, 4) is 11.4 Å². The van der Waals surface area contributed by atoms with Crippen LogP contribution >= 0.6 is 0 Å². The van der Waals surface area contributed by atoms with Crippen molar-refractivity contribution >= 4 is 17.8 Å². The van der Waals surface area contributed by atoms with Crippen molar-refractivity contribution in [1.82, 2.24) is 20.4 Å². The molecule has 0 radical (unpaired) electrons. The van der Waals surface area contributed by atoms with Crippen LogP contribution in [0.4, 0.5) is 6.01 Å². The van der Waals surface area contributed by atoms with Crippen LogP contribution in [0.2, 0.25) is 0 Å². The Morgan fingerprint density at radius 3 is 2.79 bits per heavy atom. The highest BCUT2D eigenvalue weighted by Gasteiger charge is 2.38. The van der Waals surface area contributed by atoms with Gasteiger partial charge in [0, 0.05) is 31.7 Å². The average molecular weight is 327 g/mol. The summed E-state index contributed by atoms with van der Waals surface area (Å²) >= 11 is 0. The number of nitrogens with zero attached hydrogens (tertiary/aromatic N) is 4. The number of benzene rings is 1. The van der Waals surface area contributed by atoms with Crippen molar-refractivity contribution in [3.05, 3.63) is 29.8 Å². The molecule has 1 aromatic heterocycles. The minimum absolute atomic E-state index is 0.0707. The first-order valence-electron chi connectivity index (χ1n) is 7.86. The number of nitrogens with one attached hydrogen (secondary N) is 1. The zero-order chi connectivity index (χ0) is 16.7. The number of fused-ring (bicyclic) bond motifs is 1. The molecule has 2 aromatic rings. The van der Waals surface area contributed by atoms with E-state index in [1.165, 1.54) is 5.56 Å². The molecular weight excluding hydrogens is 310 g/mol. The second-order valence-corrected chi connectivity index (χ2v) is 6.07. The summed E-state index contributed by atoms with van der Waals surface area (Å²) < 4.78 is 5.39. The number of rotatable bonds is 2. The van der Waals surface area contributed by atoms with Crippen LogP contribution in [0.1, 0.15) is 5.56 Å². The van der Waals surface area contributed by atoms with Crippen molar-refractivity contribution in [2.75, 3.05) is 31.1 Å². The molecule has 1 atom stereocenters. The Kier molecular flexibility index (Phi) is 3.44. The lowest BCUT2D eigenvalue weighted by atomic mass is 10.1. The van der Waals surface area contributed by atoms with Gasteiger partial charge in [0.05, 0.1) is 6.04 Å². The Labute approximate surface area is 138 Å². The van der Waals surface area contributed by atoms with Gasteiger partial charge in [-0.3, -0.25) is 9.59 Å². The number of carbonyl (C=O) groups is 2. The van der Waals surface area contributed by atoms with E-state index in [1.54, 1.807) is 4.90 Å². The van der Waals surface area contributed by atoms with Gasteiger partial charge in [0.25, 0.3) is 0 Å². The SMILES string of the molecule is Cc1ccc(-c2noc(N3CCN4C(=O)C(=O)NC[C@@H]4C3)n2)cc1. The van der Waals surface area contributed by atoms with Gasteiger partial charge in [0.15, 0.2) is 0 Å². The van der Waals surface area contributed by atoms with Crippen LogP contribution in [-0.4, -0.2) is 59.1 Å². The van der Waals surface area contributed by atoms with Gasteiger partial charge >= 0.3 is 17.8 Å². The maximum Gasteiger partial charge on any atom is 0.324 e. The summed E-state index contributed by atoms with van der Waals surface area (Å²) in [5, 5.41) is 6.66. The minimum Gasteiger partial charge on any atom is -0.346 e. The van der Waals surface area contributed by atoms with Gasteiger partial charge in [-0.05, 0) is 6.92 Å². The van der Waals surface area contributed by atoms with Crippen molar-refractivity contribution in [2.45, 2.75) is 13.0 Å². The average Bonchev–Trinajstić information content (AvgIpc) is 3.09. The fourth-order valence-electron chi connectivity index (χ4n) is 3.05. The third-order valence-electron chi connectivity index (χ3n) is 4.43. The normalized spacial score (nSPS) is 20.8. The molecule has 4 rings (SSSR count). The van der Waals surface area contributed by atoms with Gasteiger partial charge < -0.3 is 19.6 Å². The van der Waals surface area contributed by atoms with Crippen LogP contribution < -0.4 is 10.2 Å². The lowest BCUT2D eigenvalue weighted by Gasteiger charge is -2.42. The number of aromatic nitrogens is 2. The monoisotopic (exact) mass is 327 g/mol. The van der Waals surface area contributed by atoms with E-state index in [9.17, 15) is 9.59 Å². The lowest BCUT2D eigenvalue weighted by molar-refractivity contribution is -0.150. The summed E-state index contributed by atoms with van der Waals surface area (Å²) in [5.74, 6) is -0.448. The Morgan fingerprint density at radius 2 is 2.00 bits per heavy atom. The number of hydrogen-bond acceptors (Lipinski definition) is 6.